The molecule has 0 radical (unpaired) electrons. The SMILES string of the molecule is Cc1ccc(COc2cccc(CNCCc3ccccc3F)c2)cc1. The van der Waals surface area contributed by atoms with E-state index in [0.29, 0.717) is 13.0 Å². The summed E-state index contributed by atoms with van der Waals surface area (Å²) in [5.41, 5.74) is 4.30. The Morgan fingerprint density at radius 3 is 2.50 bits per heavy atom. The van der Waals surface area contributed by atoms with E-state index in [1.165, 1.54) is 11.6 Å². The molecular formula is C23H24FNO. The zero-order chi connectivity index (χ0) is 18.2. The maximum absolute atomic E-state index is 13.6. The van der Waals surface area contributed by atoms with Gasteiger partial charge < -0.3 is 10.1 Å². The second kappa shape index (κ2) is 9.16. The van der Waals surface area contributed by atoms with Crippen LogP contribution in [0.5, 0.6) is 5.75 Å². The molecular weight excluding hydrogens is 325 g/mol. The van der Waals surface area contributed by atoms with Crippen LogP contribution in [-0.4, -0.2) is 6.54 Å². The number of halogens is 1. The molecule has 0 atom stereocenters. The molecule has 134 valence electrons. The van der Waals surface area contributed by atoms with Crippen molar-refractivity contribution < 1.29 is 9.13 Å². The smallest absolute Gasteiger partial charge is 0.126 e. The van der Waals surface area contributed by atoms with E-state index < -0.39 is 0 Å². The van der Waals surface area contributed by atoms with Gasteiger partial charge in [0.05, 0.1) is 0 Å². The van der Waals surface area contributed by atoms with E-state index in [4.69, 9.17) is 4.74 Å². The van der Waals surface area contributed by atoms with Crippen LogP contribution in [0.15, 0.2) is 72.8 Å². The molecule has 3 rings (SSSR count). The lowest BCUT2D eigenvalue weighted by molar-refractivity contribution is 0.306. The normalized spacial score (nSPS) is 10.7. The van der Waals surface area contributed by atoms with Gasteiger partial charge in [-0.05, 0) is 54.8 Å². The Kier molecular flexibility index (Phi) is 6.39. The van der Waals surface area contributed by atoms with Gasteiger partial charge >= 0.3 is 0 Å². The van der Waals surface area contributed by atoms with E-state index in [-0.39, 0.29) is 5.82 Å². The summed E-state index contributed by atoms with van der Waals surface area (Å²) in [5, 5.41) is 3.36. The van der Waals surface area contributed by atoms with Gasteiger partial charge in [-0.1, -0.05) is 60.2 Å². The average Bonchev–Trinajstić information content (AvgIpc) is 2.66. The van der Waals surface area contributed by atoms with Crippen LogP contribution in [0.1, 0.15) is 22.3 Å². The van der Waals surface area contributed by atoms with Crippen molar-refractivity contribution in [3.63, 3.8) is 0 Å². The molecule has 3 heteroatoms. The van der Waals surface area contributed by atoms with Gasteiger partial charge in [0.1, 0.15) is 18.2 Å². The molecule has 0 aliphatic heterocycles. The molecule has 2 nitrogen and oxygen atoms in total. The topological polar surface area (TPSA) is 21.3 Å². The van der Waals surface area contributed by atoms with E-state index in [1.54, 1.807) is 6.07 Å². The highest BCUT2D eigenvalue weighted by Crippen LogP contribution is 2.15. The second-order valence-electron chi connectivity index (χ2n) is 6.44. The van der Waals surface area contributed by atoms with Crippen molar-refractivity contribution in [1.29, 1.82) is 0 Å². The molecule has 3 aromatic rings. The molecule has 0 amide bonds. The number of benzene rings is 3. The molecule has 0 fully saturated rings. The predicted molar refractivity (Wildman–Crippen MR) is 104 cm³/mol. The van der Waals surface area contributed by atoms with Crippen molar-refractivity contribution in [3.05, 3.63) is 101 Å². The van der Waals surface area contributed by atoms with Gasteiger partial charge in [0.15, 0.2) is 0 Å². The Hall–Kier alpha value is -2.65. The zero-order valence-corrected chi connectivity index (χ0v) is 15.0. The van der Waals surface area contributed by atoms with Crippen molar-refractivity contribution in [2.45, 2.75) is 26.5 Å². The van der Waals surface area contributed by atoms with Crippen LogP contribution in [0, 0.1) is 12.7 Å². The highest BCUT2D eigenvalue weighted by Gasteiger charge is 2.01. The Labute approximate surface area is 154 Å². The summed E-state index contributed by atoms with van der Waals surface area (Å²) in [6.45, 7) is 4.10. The van der Waals surface area contributed by atoms with Gasteiger partial charge in [0, 0.05) is 6.54 Å². The molecule has 0 unspecified atom stereocenters. The van der Waals surface area contributed by atoms with Crippen molar-refractivity contribution in [1.82, 2.24) is 5.32 Å². The minimum absolute atomic E-state index is 0.138. The highest BCUT2D eigenvalue weighted by atomic mass is 19.1. The first kappa shape index (κ1) is 18.2. The van der Waals surface area contributed by atoms with Crippen LogP contribution in [0.3, 0.4) is 0 Å². The Morgan fingerprint density at radius 1 is 0.885 bits per heavy atom. The molecule has 0 bridgehead atoms. The summed E-state index contributed by atoms with van der Waals surface area (Å²) in [7, 11) is 0. The lowest BCUT2D eigenvalue weighted by atomic mass is 10.1. The maximum Gasteiger partial charge on any atom is 0.126 e. The summed E-state index contributed by atoms with van der Waals surface area (Å²) < 4.78 is 19.5. The Balaban J connectivity index is 1.46. The molecule has 0 heterocycles. The molecule has 3 aromatic carbocycles. The Morgan fingerprint density at radius 2 is 1.69 bits per heavy atom. The van der Waals surface area contributed by atoms with Crippen molar-refractivity contribution in [3.8, 4) is 5.75 Å². The maximum atomic E-state index is 13.6. The lowest BCUT2D eigenvalue weighted by Crippen LogP contribution is -2.17. The van der Waals surface area contributed by atoms with Crippen LogP contribution >= 0.6 is 0 Å². The minimum atomic E-state index is -0.138. The molecule has 1 N–H and O–H groups in total. The molecule has 0 aliphatic rings. The lowest BCUT2D eigenvalue weighted by Gasteiger charge is -2.10. The molecule has 26 heavy (non-hydrogen) atoms. The van der Waals surface area contributed by atoms with Crippen LogP contribution in [0.4, 0.5) is 4.39 Å². The van der Waals surface area contributed by atoms with E-state index in [9.17, 15) is 4.39 Å². The van der Waals surface area contributed by atoms with Gasteiger partial charge in [-0.15, -0.1) is 0 Å². The highest BCUT2D eigenvalue weighted by molar-refractivity contribution is 5.29. The van der Waals surface area contributed by atoms with Crippen LogP contribution in [-0.2, 0) is 19.6 Å². The standard InChI is InChI=1S/C23H24FNO/c1-18-9-11-19(12-10-18)17-26-22-7-4-5-20(15-22)16-25-14-13-21-6-2-3-8-23(21)24/h2-12,15,25H,13-14,16-17H2,1H3. The van der Waals surface area contributed by atoms with Crippen LogP contribution in [0.25, 0.3) is 0 Å². The van der Waals surface area contributed by atoms with Gasteiger partial charge in [-0.2, -0.15) is 0 Å². The molecule has 0 spiro atoms. The molecule has 0 saturated heterocycles. The molecule has 0 saturated carbocycles. The number of aryl methyl sites for hydroxylation is 1. The summed E-state index contributed by atoms with van der Waals surface area (Å²) >= 11 is 0. The summed E-state index contributed by atoms with van der Waals surface area (Å²) in [5.74, 6) is 0.722. The summed E-state index contributed by atoms with van der Waals surface area (Å²) in [6.07, 6.45) is 0.677. The van der Waals surface area contributed by atoms with Crippen LogP contribution < -0.4 is 10.1 Å². The van der Waals surface area contributed by atoms with Gasteiger partial charge in [0.2, 0.25) is 0 Å². The Bertz CT molecular complexity index is 830. The van der Waals surface area contributed by atoms with E-state index in [1.807, 2.05) is 30.3 Å². The number of ether oxygens (including phenoxy) is 1. The number of hydrogen-bond acceptors (Lipinski definition) is 2. The van der Waals surface area contributed by atoms with Crippen molar-refractivity contribution in [2.24, 2.45) is 0 Å². The predicted octanol–water partition coefficient (Wildman–Crippen LogP) is 5.05. The third-order valence-corrected chi connectivity index (χ3v) is 4.28. The van der Waals surface area contributed by atoms with Gasteiger partial charge in [-0.25, -0.2) is 4.39 Å². The first-order valence-corrected chi connectivity index (χ1v) is 8.92. The number of hydrogen-bond donors (Lipinski definition) is 1. The summed E-state index contributed by atoms with van der Waals surface area (Å²) in [6, 6.07) is 23.4. The quantitative estimate of drug-likeness (QED) is 0.575. The fraction of sp³-hybridized carbons (Fsp3) is 0.217. The third kappa shape index (κ3) is 5.43. The van der Waals surface area contributed by atoms with Crippen LogP contribution in [0.2, 0.25) is 0 Å². The first-order chi connectivity index (χ1) is 12.7. The van der Waals surface area contributed by atoms with E-state index in [0.717, 1.165) is 35.5 Å². The largest absolute Gasteiger partial charge is 0.489 e. The fourth-order valence-electron chi connectivity index (χ4n) is 2.75. The summed E-state index contributed by atoms with van der Waals surface area (Å²) in [4.78, 5) is 0. The van der Waals surface area contributed by atoms with Crippen molar-refractivity contribution >= 4 is 0 Å². The number of rotatable bonds is 8. The number of nitrogens with one attached hydrogen (secondary N) is 1. The average molecular weight is 349 g/mol. The third-order valence-electron chi connectivity index (χ3n) is 4.28. The van der Waals surface area contributed by atoms with Crippen molar-refractivity contribution in [2.75, 3.05) is 6.54 Å². The first-order valence-electron chi connectivity index (χ1n) is 8.92. The second-order valence-corrected chi connectivity index (χ2v) is 6.44. The zero-order valence-electron chi connectivity index (χ0n) is 15.0. The molecule has 0 aliphatic carbocycles. The fourth-order valence-corrected chi connectivity index (χ4v) is 2.75. The van der Waals surface area contributed by atoms with E-state index in [2.05, 4.69) is 42.6 Å². The monoisotopic (exact) mass is 349 g/mol. The van der Waals surface area contributed by atoms with Gasteiger partial charge in [-0.3, -0.25) is 0 Å². The van der Waals surface area contributed by atoms with E-state index >= 15 is 0 Å². The van der Waals surface area contributed by atoms with Gasteiger partial charge in [0.25, 0.3) is 0 Å². The minimum Gasteiger partial charge on any atom is -0.489 e. The molecule has 0 aromatic heterocycles.